The molecule has 1 aromatic carbocycles. The van der Waals surface area contributed by atoms with Gasteiger partial charge in [-0.25, -0.2) is 9.78 Å². The number of nitriles is 1. The van der Waals surface area contributed by atoms with E-state index < -0.39 is 8.32 Å². The summed E-state index contributed by atoms with van der Waals surface area (Å²) in [6, 6.07) is 11.0. The van der Waals surface area contributed by atoms with E-state index in [2.05, 4.69) is 62.1 Å². The molecule has 1 saturated heterocycles. The average Bonchev–Trinajstić information content (AvgIpc) is 2.87. The van der Waals surface area contributed by atoms with Crippen molar-refractivity contribution in [1.29, 1.82) is 5.26 Å². The number of piperazine rings is 1. The summed E-state index contributed by atoms with van der Waals surface area (Å²) in [6.07, 6.45) is 3.46. The number of halogens is 1. The third-order valence-corrected chi connectivity index (χ3v) is 12.5. The quantitative estimate of drug-likeness (QED) is 0.259. The SMILES string of the molecule is CC1CN(c2ccc(C#N)c(Cl)c2)C(C)CN1C(=O)Nc1ccc(OCCCCO[Si](C)(C)C(C)(C)C)nc1. The number of unbranched alkanes of at least 4 members (excludes halogenated alkanes) is 1. The fourth-order valence-electron chi connectivity index (χ4n) is 4.20. The van der Waals surface area contributed by atoms with Gasteiger partial charge in [0, 0.05) is 43.5 Å². The predicted molar refractivity (Wildman–Crippen MR) is 160 cm³/mol. The molecule has 0 radical (unpaired) electrons. The van der Waals surface area contributed by atoms with Gasteiger partial charge in [-0.1, -0.05) is 32.4 Å². The first-order valence-electron chi connectivity index (χ1n) is 13.6. The van der Waals surface area contributed by atoms with Crippen molar-refractivity contribution >= 4 is 37.3 Å². The van der Waals surface area contributed by atoms with Crippen molar-refractivity contribution in [1.82, 2.24) is 9.88 Å². The van der Waals surface area contributed by atoms with E-state index in [9.17, 15) is 4.79 Å². The highest BCUT2D eigenvalue weighted by Crippen LogP contribution is 2.36. The van der Waals surface area contributed by atoms with Crippen molar-refractivity contribution in [2.45, 2.75) is 77.7 Å². The fraction of sp³-hybridized carbons (Fsp3) is 0.552. The van der Waals surface area contributed by atoms with E-state index in [4.69, 9.17) is 26.0 Å². The summed E-state index contributed by atoms with van der Waals surface area (Å²) in [5, 5.41) is 12.8. The minimum Gasteiger partial charge on any atom is -0.478 e. The van der Waals surface area contributed by atoms with Crippen LogP contribution < -0.4 is 15.0 Å². The van der Waals surface area contributed by atoms with Crippen LogP contribution in [0.4, 0.5) is 16.2 Å². The number of rotatable bonds is 9. The van der Waals surface area contributed by atoms with Crippen LogP contribution in [0.25, 0.3) is 0 Å². The third kappa shape index (κ3) is 8.10. The lowest BCUT2D eigenvalue weighted by atomic mass is 10.1. The maximum Gasteiger partial charge on any atom is 0.322 e. The number of nitrogens with one attached hydrogen (secondary N) is 1. The van der Waals surface area contributed by atoms with Gasteiger partial charge in [0.25, 0.3) is 0 Å². The van der Waals surface area contributed by atoms with Gasteiger partial charge >= 0.3 is 6.03 Å². The summed E-state index contributed by atoms with van der Waals surface area (Å²) < 4.78 is 12.0. The molecule has 2 atom stereocenters. The highest BCUT2D eigenvalue weighted by molar-refractivity contribution is 6.74. The van der Waals surface area contributed by atoms with Crippen molar-refractivity contribution in [2.75, 3.05) is 36.5 Å². The molecule has 2 amide bonds. The molecule has 0 saturated carbocycles. The van der Waals surface area contributed by atoms with Crippen LogP contribution in [-0.4, -0.2) is 62.6 Å². The van der Waals surface area contributed by atoms with E-state index in [1.807, 2.05) is 30.0 Å². The zero-order chi connectivity index (χ0) is 28.8. The van der Waals surface area contributed by atoms with Crippen LogP contribution in [-0.2, 0) is 4.43 Å². The van der Waals surface area contributed by atoms with Crippen molar-refractivity contribution in [3.8, 4) is 11.9 Å². The maximum absolute atomic E-state index is 13.1. The molecule has 2 unspecified atom stereocenters. The smallest absolute Gasteiger partial charge is 0.322 e. The zero-order valence-corrected chi connectivity index (χ0v) is 26.0. The molecule has 3 rings (SSSR count). The molecule has 2 heterocycles. The number of carbonyl (C=O) groups is 1. The molecule has 2 aromatic rings. The number of hydrogen-bond acceptors (Lipinski definition) is 6. The Kier molecular flexibility index (Phi) is 10.3. The minimum atomic E-state index is -1.70. The number of aromatic nitrogens is 1. The summed E-state index contributed by atoms with van der Waals surface area (Å²) in [5.41, 5.74) is 2.02. The molecule has 0 bridgehead atoms. The monoisotopic (exact) mass is 571 g/mol. The number of hydrogen-bond donors (Lipinski definition) is 1. The maximum atomic E-state index is 13.1. The van der Waals surface area contributed by atoms with Gasteiger partial charge in [-0.2, -0.15) is 5.26 Å². The topological polar surface area (TPSA) is 90.7 Å². The lowest BCUT2D eigenvalue weighted by molar-refractivity contribution is 0.173. The minimum absolute atomic E-state index is 0.0215. The van der Waals surface area contributed by atoms with Gasteiger partial charge in [0.2, 0.25) is 5.88 Å². The Bertz CT molecular complexity index is 1160. The normalized spacial score (nSPS) is 18.0. The first-order chi connectivity index (χ1) is 18.3. The van der Waals surface area contributed by atoms with Gasteiger partial charge in [0.15, 0.2) is 8.32 Å². The molecule has 212 valence electrons. The number of ether oxygens (including phenoxy) is 1. The number of benzene rings is 1. The Morgan fingerprint density at radius 3 is 2.49 bits per heavy atom. The average molecular weight is 572 g/mol. The Hall–Kier alpha value is -2.80. The molecular formula is C29H42ClN5O3Si. The van der Waals surface area contributed by atoms with Gasteiger partial charge in [-0.15, -0.1) is 0 Å². The largest absolute Gasteiger partial charge is 0.478 e. The summed E-state index contributed by atoms with van der Waals surface area (Å²) in [7, 11) is -1.70. The summed E-state index contributed by atoms with van der Waals surface area (Å²) in [4.78, 5) is 21.5. The molecular weight excluding hydrogens is 530 g/mol. The van der Waals surface area contributed by atoms with Crippen molar-refractivity contribution in [2.24, 2.45) is 0 Å². The number of urea groups is 1. The second-order valence-electron chi connectivity index (χ2n) is 11.8. The zero-order valence-electron chi connectivity index (χ0n) is 24.3. The van der Waals surface area contributed by atoms with Crippen LogP contribution in [0.3, 0.4) is 0 Å². The summed E-state index contributed by atoms with van der Waals surface area (Å²) in [6.45, 7) is 17.9. The van der Waals surface area contributed by atoms with Gasteiger partial charge in [0.05, 0.1) is 29.1 Å². The lowest BCUT2D eigenvalue weighted by Crippen LogP contribution is -2.59. The Balaban J connectivity index is 1.44. The van der Waals surface area contributed by atoms with Crippen LogP contribution in [0.15, 0.2) is 36.5 Å². The summed E-state index contributed by atoms with van der Waals surface area (Å²) >= 11 is 6.25. The number of carbonyl (C=O) groups excluding carboxylic acids is 1. The van der Waals surface area contributed by atoms with Crippen molar-refractivity contribution in [3.05, 3.63) is 47.1 Å². The number of anilines is 2. The lowest BCUT2D eigenvalue weighted by Gasteiger charge is -2.45. The first kappa shape index (κ1) is 30.7. The van der Waals surface area contributed by atoms with Crippen LogP contribution in [0.2, 0.25) is 23.2 Å². The standard InChI is InChI=1S/C29H42ClN5O3Si/c1-21-20-35(22(2)19-34(21)25-12-10-23(17-31)26(30)16-25)28(36)33-24-11-13-27(32-18-24)37-14-8-9-15-38-39(6,7)29(3,4)5/h10-13,16,18,21-22H,8-9,14-15,19-20H2,1-7H3,(H,33,36). The number of nitrogens with zero attached hydrogens (tertiary/aromatic N) is 4. The third-order valence-electron chi connectivity index (χ3n) is 7.70. The highest BCUT2D eigenvalue weighted by atomic mass is 35.5. The second-order valence-corrected chi connectivity index (χ2v) is 17.0. The van der Waals surface area contributed by atoms with E-state index >= 15 is 0 Å². The van der Waals surface area contributed by atoms with Crippen LogP contribution >= 0.6 is 11.6 Å². The molecule has 0 spiro atoms. The Morgan fingerprint density at radius 2 is 1.87 bits per heavy atom. The Labute approximate surface area is 239 Å². The van der Waals surface area contributed by atoms with E-state index in [0.717, 1.165) is 25.1 Å². The summed E-state index contributed by atoms with van der Waals surface area (Å²) in [5.74, 6) is 0.537. The highest BCUT2D eigenvalue weighted by Gasteiger charge is 2.37. The van der Waals surface area contributed by atoms with E-state index in [0.29, 0.717) is 41.8 Å². The molecule has 0 aliphatic carbocycles. The Morgan fingerprint density at radius 1 is 1.15 bits per heavy atom. The number of pyridine rings is 1. The molecule has 1 aliphatic rings. The van der Waals surface area contributed by atoms with Crippen molar-refractivity contribution in [3.63, 3.8) is 0 Å². The predicted octanol–water partition coefficient (Wildman–Crippen LogP) is 6.92. The molecule has 8 nitrogen and oxygen atoms in total. The van der Waals surface area contributed by atoms with Gasteiger partial charge in [-0.3, -0.25) is 0 Å². The fourth-order valence-corrected chi connectivity index (χ4v) is 5.51. The van der Waals surface area contributed by atoms with Crippen LogP contribution in [0.5, 0.6) is 5.88 Å². The molecule has 1 fully saturated rings. The van der Waals surface area contributed by atoms with Gasteiger partial charge in [0.1, 0.15) is 6.07 Å². The molecule has 10 heteroatoms. The second kappa shape index (κ2) is 13.0. The molecule has 1 aromatic heterocycles. The van der Waals surface area contributed by atoms with Gasteiger partial charge < -0.3 is 24.3 Å². The number of amides is 2. The van der Waals surface area contributed by atoms with E-state index in [1.165, 1.54) is 0 Å². The van der Waals surface area contributed by atoms with E-state index in [1.54, 1.807) is 18.3 Å². The van der Waals surface area contributed by atoms with Crippen LogP contribution in [0, 0.1) is 11.3 Å². The van der Waals surface area contributed by atoms with Gasteiger partial charge in [-0.05, 0) is 69.1 Å². The van der Waals surface area contributed by atoms with E-state index in [-0.39, 0.29) is 23.2 Å². The van der Waals surface area contributed by atoms with Crippen LogP contribution in [0.1, 0.15) is 53.0 Å². The van der Waals surface area contributed by atoms with Crippen molar-refractivity contribution < 1.29 is 14.0 Å². The molecule has 39 heavy (non-hydrogen) atoms. The first-order valence-corrected chi connectivity index (χ1v) is 16.9. The molecule has 1 aliphatic heterocycles. The molecule has 1 N–H and O–H groups in total.